The van der Waals surface area contributed by atoms with E-state index in [1.54, 1.807) is 47.8 Å². The molecule has 11 nitrogen and oxygen atoms in total. The summed E-state index contributed by atoms with van der Waals surface area (Å²) in [4.78, 5) is 27.0. The molecule has 0 radical (unpaired) electrons. The molecule has 0 aliphatic rings. The lowest BCUT2D eigenvalue weighted by atomic mass is 10.0. The first kappa shape index (κ1) is 25.2. The van der Waals surface area contributed by atoms with E-state index in [0.717, 1.165) is 22.0 Å². The molecular weight excluding hydrogens is 490 g/mol. The van der Waals surface area contributed by atoms with Crippen LogP contribution in [0.1, 0.15) is 12.0 Å². The number of hydrogen-bond donors (Lipinski definition) is 0. The number of nitrogens with zero attached hydrogens (tertiary/aromatic N) is 5. The largest absolute Gasteiger partial charge is 0.495 e. The Balaban J connectivity index is 1.76. The summed E-state index contributed by atoms with van der Waals surface area (Å²) in [6.45, 7) is 0. The molecular formula is C27H27N5O6. The van der Waals surface area contributed by atoms with E-state index < -0.39 is 6.29 Å². The van der Waals surface area contributed by atoms with Crippen LogP contribution in [-0.4, -0.2) is 59.6 Å². The topological polar surface area (TPSA) is 112 Å². The molecule has 11 heteroatoms. The number of hydrogen-bond acceptors (Lipinski definition) is 9. The monoisotopic (exact) mass is 517 g/mol. The maximum atomic E-state index is 13.5. The third-order valence-electron chi connectivity index (χ3n) is 6.43. The Labute approximate surface area is 218 Å². The molecule has 38 heavy (non-hydrogen) atoms. The number of aryl methyl sites for hydroxylation is 1. The number of pyridine rings is 3. The van der Waals surface area contributed by atoms with Crippen LogP contribution in [0.2, 0.25) is 0 Å². The first-order chi connectivity index (χ1) is 18.4. The minimum absolute atomic E-state index is 0.260. The maximum absolute atomic E-state index is 13.5. The first-order valence-corrected chi connectivity index (χ1v) is 11.6. The van der Waals surface area contributed by atoms with E-state index in [1.165, 1.54) is 28.4 Å². The summed E-state index contributed by atoms with van der Waals surface area (Å²) < 4.78 is 30.2. The lowest BCUT2D eigenvalue weighted by molar-refractivity contribution is -0.109. The Kier molecular flexibility index (Phi) is 6.70. The molecule has 0 N–H and O–H groups in total. The second kappa shape index (κ2) is 10.1. The van der Waals surface area contributed by atoms with Gasteiger partial charge in [-0.05, 0) is 29.8 Å². The smallest absolute Gasteiger partial charge is 0.333 e. The summed E-state index contributed by atoms with van der Waals surface area (Å²) >= 11 is 0. The van der Waals surface area contributed by atoms with Crippen molar-refractivity contribution in [2.45, 2.75) is 6.29 Å². The summed E-state index contributed by atoms with van der Waals surface area (Å²) in [5.41, 5.74) is 4.47. The molecule has 0 saturated heterocycles. The normalized spacial score (nSPS) is 11.4. The summed E-state index contributed by atoms with van der Waals surface area (Å²) in [7, 11) is 9.38. The van der Waals surface area contributed by atoms with E-state index in [2.05, 4.69) is 15.0 Å². The molecule has 4 aromatic heterocycles. The predicted octanol–water partition coefficient (Wildman–Crippen LogP) is 3.65. The molecule has 5 aromatic rings. The molecule has 0 bridgehead atoms. The van der Waals surface area contributed by atoms with Crippen molar-refractivity contribution < 1.29 is 23.7 Å². The van der Waals surface area contributed by atoms with Crippen LogP contribution in [0.3, 0.4) is 0 Å². The van der Waals surface area contributed by atoms with Crippen LogP contribution in [0.25, 0.3) is 38.8 Å². The van der Waals surface area contributed by atoms with Crippen LogP contribution in [-0.2, 0) is 16.5 Å². The van der Waals surface area contributed by atoms with Crippen molar-refractivity contribution in [3.05, 3.63) is 65.0 Å². The number of ether oxygens (including phenoxy) is 5. The van der Waals surface area contributed by atoms with Gasteiger partial charge in [-0.15, -0.1) is 0 Å². The van der Waals surface area contributed by atoms with Crippen LogP contribution in [0.5, 0.6) is 17.5 Å². The molecule has 0 unspecified atom stereocenters. The van der Waals surface area contributed by atoms with Crippen molar-refractivity contribution in [3.63, 3.8) is 0 Å². The molecule has 0 spiro atoms. The van der Waals surface area contributed by atoms with Crippen molar-refractivity contribution in [2.75, 3.05) is 35.5 Å². The molecule has 0 fully saturated rings. The van der Waals surface area contributed by atoms with Crippen LogP contribution < -0.4 is 19.9 Å². The number of aromatic nitrogens is 5. The van der Waals surface area contributed by atoms with Crippen molar-refractivity contribution in [3.8, 4) is 34.3 Å². The standard InChI is InChI=1S/C27H27N5O6/c1-31-20-14-28-18-8-7-15(16-12-21(34-2)23(29-13-16)26(37-5)38-6)11-17(18)24(20)32(27(31)33)19-9-10-22(35-3)30-25(19)36-4/h7-14,26H,1-6H3. The number of imidazole rings is 1. The van der Waals surface area contributed by atoms with E-state index in [4.69, 9.17) is 23.7 Å². The molecule has 0 atom stereocenters. The predicted molar refractivity (Wildman–Crippen MR) is 141 cm³/mol. The number of benzene rings is 1. The highest BCUT2D eigenvalue weighted by Crippen LogP contribution is 2.34. The SMILES string of the molecule is COc1ccc(-n2c(=O)n(C)c3cnc4ccc(-c5cnc(C(OC)OC)c(OC)c5)cc4c32)c(OC)n1. The zero-order chi connectivity index (χ0) is 27.0. The molecule has 5 rings (SSSR count). The Morgan fingerprint density at radius 3 is 2.32 bits per heavy atom. The van der Waals surface area contributed by atoms with Gasteiger partial charge in [-0.1, -0.05) is 6.07 Å². The van der Waals surface area contributed by atoms with Gasteiger partial charge in [0, 0.05) is 44.5 Å². The molecule has 0 saturated carbocycles. The molecule has 0 amide bonds. The van der Waals surface area contributed by atoms with Crippen LogP contribution in [0.15, 0.2) is 53.6 Å². The summed E-state index contributed by atoms with van der Waals surface area (Å²) in [6, 6.07) is 11.1. The van der Waals surface area contributed by atoms with E-state index in [0.29, 0.717) is 34.0 Å². The van der Waals surface area contributed by atoms with Crippen LogP contribution in [0, 0.1) is 0 Å². The van der Waals surface area contributed by atoms with Gasteiger partial charge in [-0.3, -0.25) is 19.1 Å². The lowest BCUT2D eigenvalue weighted by Crippen LogP contribution is -2.21. The zero-order valence-electron chi connectivity index (χ0n) is 21.9. The van der Waals surface area contributed by atoms with Gasteiger partial charge in [-0.2, -0.15) is 4.98 Å². The van der Waals surface area contributed by atoms with Crippen LogP contribution >= 0.6 is 0 Å². The third-order valence-corrected chi connectivity index (χ3v) is 6.43. The number of methoxy groups -OCH3 is 5. The van der Waals surface area contributed by atoms with Gasteiger partial charge in [0.05, 0.1) is 44.1 Å². The second-order valence-electron chi connectivity index (χ2n) is 8.40. The van der Waals surface area contributed by atoms with Gasteiger partial charge in [0.2, 0.25) is 18.1 Å². The average molecular weight is 518 g/mol. The maximum Gasteiger partial charge on any atom is 0.333 e. The Hall–Kier alpha value is -4.48. The summed E-state index contributed by atoms with van der Waals surface area (Å²) in [5.74, 6) is 1.16. The third kappa shape index (κ3) is 4.01. The Morgan fingerprint density at radius 2 is 1.63 bits per heavy atom. The van der Waals surface area contributed by atoms with E-state index in [1.807, 2.05) is 24.3 Å². The van der Waals surface area contributed by atoms with Crippen molar-refractivity contribution in [1.29, 1.82) is 0 Å². The highest BCUT2D eigenvalue weighted by atomic mass is 16.7. The van der Waals surface area contributed by atoms with Crippen LogP contribution in [0.4, 0.5) is 0 Å². The summed E-state index contributed by atoms with van der Waals surface area (Å²) in [6.07, 6.45) is 2.76. The molecule has 0 aliphatic heterocycles. The summed E-state index contributed by atoms with van der Waals surface area (Å²) in [5, 5.41) is 0.769. The van der Waals surface area contributed by atoms with Gasteiger partial charge in [0.15, 0.2) is 0 Å². The fraction of sp³-hybridized carbons (Fsp3) is 0.259. The molecule has 0 aliphatic carbocycles. The van der Waals surface area contributed by atoms with Gasteiger partial charge in [0.1, 0.15) is 17.1 Å². The number of fused-ring (bicyclic) bond motifs is 3. The fourth-order valence-corrected chi connectivity index (χ4v) is 4.52. The number of rotatable bonds is 8. The Bertz CT molecular complexity index is 1710. The fourth-order valence-electron chi connectivity index (χ4n) is 4.52. The molecule has 4 heterocycles. The zero-order valence-corrected chi connectivity index (χ0v) is 21.9. The van der Waals surface area contributed by atoms with E-state index >= 15 is 0 Å². The van der Waals surface area contributed by atoms with E-state index in [-0.39, 0.29) is 11.6 Å². The Morgan fingerprint density at radius 1 is 0.842 bits per heavy atom. The van der Waals surface area contributed by atoms with Crippen molar-refractivity contribution >= 4 is 21.9 Å². The minimum atomic E-state index is -0.661. The average Bonchev–Trinajstić information content (AvgIpc) is 3.22. The second-order valence-corrected chi connectivity index (χ2v) is 8.40. The van der Waals surface area contributed by atoms with Crippen molar-refractivity contribution in [2.24, 2.45) is 7.05 Å². The van der Waals surface area contributed by atoms with Gasteiger partial charge in [-0.25, -0.2) is 4.79 Å². The minimum Gasteiger partial charge on any atom is -0.495 e. The highest BCUT2D eigenvalue weighted by Gasteiger charge is 2.21. The quantitative estimate of drug-likeness (QED) is 0.285. The van der Waals surface area contributed by atoms with Gasteiger partial charge < -0.3 is 23.7 Å². The van der Waals surface area contributed by atoms with E-state index in [9.17, 15) is 4.79 Å². The highest BCUT2D eigenvalue weighted by molar-refractivity contribution is 6.04. The molecule has 196 valence electrons. The van der Waals surface area contributed by atoms with Gasteiger partial charge in [0.25, 0.3) is 0 Å². The lowest BCUT2D eigenvalue weighted by Gasteiger charge is -2.16. The van der Waals surface area contributed by atoms with Gasteiger partial charge >= 0.3 is 5.69 Å². The first-order valence-electron chi connectivity index (χ1n) is 11.6. The van der Waals surface area contributed by atoms with Crippen molar-refractivity contribution in [1.82, 2.24) is 24.1 Å². The molecule has 1 aromatic carbocycles.